The molecule has 0 aromatic rings. The Balaban J connectivity index is 1.93. The number of hydrogen-bond donors (Lipinski definition) is 2. The van der Waals surface area contributed by atoms with Gasteiger partial charge < -0.3 is 15.3 Å². The number of nitrogens with one attached hydrogen (secondary N) is 1. The van der Waals surface area contributed by atoms with Crippen LogP contribution < -0.4 is 5.32 Å². The fourth-order valence-electron chi connectivity index (χ4n) is 3.84. The number of aliphatic hydroxyl groups excluding tert-OH is 1. The zero-order valence-electron chi connectivity index (χ0n) is 13.5. The van der Waals surface area contributed by atoms with Crippen LogP contribution in [0.5, 0.6) is 0 Å². The molecule has 1 heterocycles. The van der Waals surface area contributed by atoms with Gasteiger partial charge in [-0.1, -0.05) is 39.5 Å². The van der Waals surface area contributed by atoms with Gasteiger partial charge in [-0.3, -0.25) is 0 Å². The monoisotopic (exact) mass is 282 g/mol. The number of aliphatic hydroxyl groups is 1. The third-order valence-electron chi connectivity index (χ3n) is 5.17. The second-order valence-electron chi connectivity index (χ2n) is 7.46. The van der Waals surface area contributed by atoms with Crippen molar-refractivity contribution in [1.82, 2.24) is 10.2 Å². The maximum Gasteiger partial charge on any atom is 0.0564 e. The highest BCUT2D eigenvalue weighted by Crippen LogP contribution is 2.36. The molecule has 1 aliphatic carbocycles. The first-order chi connectivity index (χ1) is 9.60. The molecular formula is C17H34N2O. The molecule has 0 unspecified atom stereocenters. The quantitative estimate of drug-likeness (QED) is 0.761. The lowest BCUT2D eigenvalue weighted by molar-refractivity contribution is 0.0499. The fourth-order valence-corrected chi connectivity index (χ4v) is 3.84. The van der Waals surface area contributed by atoms with E-state index in [9.17, 15) is 5.11 Å². The molecule has 118 valence electrons. The van der Waals surface area contributed by atoms with Crippen molar-refractivity contribution < 1.29 is 5.11 Å². The Morgan fingerprint density at radius 2 is 1.70 bits per heavy atom. The average Bonchev–Trinajstić information content (AvgIpc) is 2.66. The van der Waals surface area contributed by atoms with E-state index in [1.165, 1.54) is 51.6 Å². The minimum absolute atomic E-state index is 0.0508. The molecular weight excluding hydrogens is 248 g/mol. The zero-order valence-corrected chi connectivity index (χ0v) is 13.5. The van der Waals surface area contributed by atoms with Gasteiger partial charge in [0.05, 0.1) is 6.10 Å². The third-order valence-corrected chi connectivity index (χ3v) is 5.17. The predicted octanol–water partition coefficient (Wildman–Crippen LogP) is 2.78. The summed E-state index contributed by atoms with van der Waals surface area (Å²) in [4.78, 5) is 2.61. The van der Waals surface area contributed by atoms with Gasteiger partial charge in [-0.25, -0.2) is 0 Å². The van der Waals surface area contributed by atoms with Crippen LogP contribution in [0, 0.1) is 5.41 Å². The van der Waals surface area contributed by atoms with E-state index in [1.54, 1.807) is 0 Å². The summed E-state index contributed by atoms with van der Waals surface area (Å²) in [6, 6.07) is 0.582. The molecule has 0 atom stereocenters. The normalized spacial score (nSPS) is 25.8. The molecule has 1 saturated heterocycles. The molecule has 20 heavy (non-hydrogen) atoms. The Hall–Kier alpha value is -0.120. The standard InChI is InChI=1S/C17H34N2O/c1-15(2)18-13-17(9-5-3-4-6-10-17)14-19-11-7-16(20)8-12-19/h15-16,18,20H,3-14H2,1-2H3. The number of likely N-dealkylation sites (tertiary alicyclic amines) is 1. The van der Waals surface area contributed by atoms with Gasteiger partial charge in [0.1, 0.15) is 0 Å². The fraction of sp³-hybridized carbons (Fsp3) is 1.00. The van der Waals surface area contributed by atoms with E-state index in [2.05, 4.69) is 24.1 Å². The number of nitrogens with zero attached hydrogens (tertiary/aromatic N) is 1. The van der Waals surface area contributed by atoms with Crippen LogP contribution >= 0.6 is 0 Å². The van der Waals surface area contributed by atoms with Crippen LogP contribution in [0.1, 0.15) is 65.2 Å². The summed E-state index contributed by atoms with van der Waals surface area (Å²) in [5.74, 6) is 0. The van der Waals surface area contributed by atoms with Crippen LogP contribution in [-0.2, 0) is 0 Å². The lowest BCUT2D eigenvalue weighted by Crippen LogP contribution is -2.48. The molecule has 2 aliphatic rings. The summed E-state index contributed by atoms with van der Waals surface area (Å²) in [7, 11) is 0. The molecule has 2 N–H and O–H groups in total. The predicted molar refractivity (Wildman–Crippen MR) is 85.0 cm³/mol. The number of rotatable bonds is 5. The van der Waals surface area contributed by atoms with Crippen molar-refractivity contribution in [2.24, 2.45) is 5.41 Å². The molecule has 0 bridgehead atoms. The molecule has 0 aromatic carbocycles. The van der Waals surface area contributed by atoms with Gasteiger partial charge in [0.2, 0.25) is 0 Å². The Morgan fingerprint density at radius 1 is 1.10 bits per heavy atom. The highest BCUT2D eigenvalue weighted by atomic mass is 16.3. The summed E-state index contributed by atoms with van der Waals surface area (Å²) in [5, 5.41) is 13.4. The third kappa shape index (κ3) is 5.01. The SMILES string of the molecule is CC(C)NCC1(CN2CCC(O)CC2)CCCCCC1. The molecule has 0 amide bonds. The van der Waals surface area contributed by atoms with E-state index in [-0.39, 0.29) is 6.10 Å². The van der Waals surface area contributed by atoms with Crippen molar-refractivity contribution in [3.05, 3.63) is 0 Å². The van der Waals surface area contributed by atoms with Crippen LogP contribution in [0.4, 0.5) is 0 Å². The second-order valence-corrected chi connectivity index (χ2v) is 7.46. The van der Waals surface area contributed by atoms with Crippen LogP contribution in [-0.4, -0.2) is 48.3 Å². The largest absolute Gasteiger partial charge is 0.393 e. The average molecular weight is 282 g/mol. The minimum Gasteiger partial charge on any atom is -0.393 e. The summed E-state index contributed by atoms with van der Waals surface area (Å²) in [5.41, 5.74) is 0.475. The molecule has 2 fully saturated rings. The van der Waals surface area contributed by atoms with E-state index < -0.39 is 0 Å². The first kappa shape index (κ1) is 16.3. The van der Waals surface area contributed by atoms with Gasteiger partial charge in [-0.05, 0) is 31.1 Å². The second kappa shape index (κ2) is 7.77. The van der Waals surface area contributed by atoms with E-state index in [0.717, 1.165) is 25.9 Å². The van der Waals surface area contributed by atoms with Crippen LogP contribution in [0.3, 0.4) is 0 Å². The first-order valence-electron chi connectivity index (χ1n) is 8.73. The topological polar surface area (TPSA) is 35.5 Å². The molecule has 3 heteroatoms. The van der Waals surface area contributed by atoms with Gasteiger partial charge in [0, 0.05) is 32.2 Å². The summed E-state index contributed by atoms with van der Waals surface area (Å²) in [6.45, 7) is 9.08. The van der Waals surface area contributed by atoms with E-state index in [4.69, 9.17) is 0 Å². The Labute approximate surface area is 125 Å². The van der Waals surface area contributed by atoms with Crippen molar-refractivity contribution in [3.8, 4) is 0 Å². The van der Waals surface area contributed by atoms with Crippen LogP contribution in [0.15, 0.2) is 0 Å². The summed E-state index contributed by atoms with van der Waals surface area (Å²) in [6.07, 6.45) is 10.3. The van der Waals surface area contributed by atoms with Gasteiger partial charge in [-0.2, -0.15) is 0 Å². The summed E-state index contributed by atoms with van der Waals surface area (Å²) >= 11 is 0. The molecule has 1 saturated carbocycles. The van der Waals surface area contributed by atoms with Gasteiger partial charge in [-0.15, -0.1) is 0 Å². The lowest BCUT2D eigenvalue weighted by atomic mass is 9.79. The van der Waals surface area contributed by atoms with Crippen LogP contribution in [0.2, 0.25) is 0 Å². The maximum absolute atomic E-state index is 9.68. The Bertz CT molecular complexity index is 264. The number of piperidine rings is 1. The molecule has 3 nitrogen and oxygen atoms in total. The van der Waals surface area contributed by atoms with Gasteiger partial charge >= 0.3 is 0 Å². The molecule has 1 aliphatic heterocycles. The van der Waals surface area contributed by atoms with Crippen LogP contribution in [0.25, 0.3) is 0 Å². The van der Waals surface area contributed by atoms with Gasteiger partial charge in [0.25, 0.3) is 0 Å². The van der Waals surface area contributed by atoms with Crippen molar-refractivity contribution in [1.29, 1.82) is 0 Å². The number of hydrogen-bond acceptors (Lipinski definition) is 3. The van der Waals surface area contributed by atoms with Crippen molar-refractivity contribution in [2.45, 2.75) is 77.4 Å². The zero-order chi connectivity index (χ0) is 14.4. The molecule has 0 radical (unpaired) electrons. The Kier molecular flexibility index (Phi) is 6.31. The van der Waals surface area contributed by atoms with E-state index in [1.807, 2.05) is 0 Å². The van der Waals surface area contributed by atoms with Crippen molar-refractivity contribution in [2.75, 3.05) is 26.2 Å². The summed E-state index contributed by atoms with van der Waals surface area (Å²) < 4.78 is 0. The van der Waals surface area contributed by atoms with Gasteiger partial charge in [0.15, 0.2) is 0 Å². The van der Waals surface area contributed by atoms with Crippen molar-refractivity contribution in [3.63, 3.8) is 0 Å². The maximum atomic E-state index is 9.68. The lowest BCUT2D eigenvalue weighted by Gasteiger charge is -2.41. The highest BCUT2D eigenvalue weighted by Gasteiger charge is 2.33. The molecule has 0 aromatic heterocycles. The van der Waals surface area contributed by atoms with E-state index in [0.29, 0.717) is 11.5 Å². The van der Waals surface area contributed by atoms with Crippen molar-refractivity contribution >= 4 is 0 Å². The molecule has 0 spiro atoms. The molecule has 2 rings (SSSR count). The highest BCUT2D eigenvalue weighted by molar-refractivity contribution is 4.88. The first-order valence-corrected chi connectivity index (χ1v) is 8.73. The van der Waals surface area contributed by atoms with E-state index >= 15 is 0 Å². The minimum atomic E-state index is -0.0508. The smallest absolute Gasteiger partial charge is 0.0564 e. The Morgan fingerprint density at radius 3 is 2.25 bits per heavy atom.